The summed E-state index contributed by atoms with van der Waals surface area (Å²) in [7, 11) is 0. The van der Waals surface area contributed by atoms with Gasteiger partial charge in [0.15, 0.2) is 17.3 Å². The van der Waals surface area contributed by atoms with Crippen LogP contribution in [0.1, 0.15) is 11.1 Å². The van der Waals surface area contributed by atoms with Gasteiger partial charge in [-0.05, 0) is 40.1 Å². The molecule has 4 aromatic rings. The highest BCUT2D eigenvalue weighted by Gasteiger charge is 2.19. The van der Waals surface area contributed by atoms with Gasteiger partial charge in [0.25, 0.3) is 0 Å². The van der Waals surface area contributed by atoms with Crippen LogP contribution in [0.25, 0.3) is 22.6 Å². The molecule has 2 aromatic carbocycles. The molecule has 7 nitrogen and oxygen atoms in total. The summed E-state index contributed by atoms with van der Waals surface area (Å²) in [6.07, 6.45) is 0. The van der Waals surface area contributed by atoms with Crippen molar-refractivity contribution in [3.8, 4) is 17.6 Å². The molecule has 0 saturated heterocycles. The number of imidazole rings is 1. The van der Waals surface area contributed by atoms with Gasteiger partial charge < -0.3 is 10.3 Å². The summed E-state index contributed by atoms with van der Waals surface area (Å²) in [6.45, 7) is 0.525. The average molecular weight is 316 g/mol. The molecule has 0 saturated carbocycles. The van der Waals surface area contributed by atoms with Crippen molar-refractivity contribution in [3.05, 3.63) is 59.7 Å². The van der Waals surface area contributed by atoms with Crippen molar-refractivity contribution in [3.63, 3.8) is 0 Å². The zero-order valence-corrected chi connectivity index (χ0v) is 12.5. The van der Waals surface area contributed by atoms with Crippen molar-refractivity contribution in [2.24, 2.45) is 0 Å². The van der Waals surface area contributed by atoms with Gasteiger partial charge in [0, 0.05) is 6.54 Å². The van der Waals surface area contributed by atoms with Crippen LogP contribution < -0.4 is 5.73 Å². The van der Waals surface area contributed by atoms with Crippen molar-refractivity contribution >= 4 is 16.9 Å². The Labute approximate surface area is 136 Å². The number of nitrogens with two attached hydrogens (primary N) is 1. The van der Waals surface area contributed by atoms with Crippen LogP contribution in [0.15, 0.2) is 53.2 Å². The van der Waals surface area contributed by atoms with E-state index in [9.17, 15) is 0 Å². The summed E-state index contributed by atoms with van der Waals surface area (Å²) in [4.78, 5) is 4.61. The second-order valence-electron chi connectivity index (χ2n) is 5.32. The first kappa shape index (κ1) is 14.0. The molecule has 0 fully saturated rings. The van der Waals surface area contributed by atoms with Gasteiger partial charge in [-0.2, -0.15) is 5.26 Å². The quantitative estimate of drug-likeness (QED) is 0.622. The van der Waals surface area contributed by atoms with E-state index in [1.165, 1.54) is 0 Å². The van der Waals surface area contributed by atoms with Crippen molar-refractivity contribution in [1.29, 1.82) is 5.26 Å². The van der Waals surface area contributed by atoms with Crippen molar-refractivity contribution < 1.29 is 4.63 Å². The molecule has 0 spiro atoms. The van der Waals surface area contributed by atoms with Gasteiger partial charge >= 0.3 is 0 Å². The SMILES string of the molecule is N#Cc1cccc(Cn2c(-c3nonc3N)nc3ccccc32)c1. The topological polar surface area (TPSA) is 107 Å². The largest absolute Gasteiger partial charge is 0.379 e. The standard InChI is InChI=1S/C17H12N6O/c18-9-11-4-3-5-12(8-11)10-23-14-7-2-1-6-13(14)20-17(23)15-16(19)22-24-21-15/h1-8H,10H2,(H2,19,22). The molecule has 2 N–H and O–H groups in total. The Morgan fingerprint density at radius 1 is 1.12 bits per heavy atom. The molecule has 0 aliphatic heterocycles. The monoisotopic (exact) mass is 316 g/mol. The molecular formula is C17H12N6O. The van der Waals surface area contributed by atoms with Gasteiger partial charge in [0.1, 0.15) is 0 Å². The molecule has 0 aliphatic carbocycles. The van der Waals surface area contributed by atoms with Gasteiger partial charge in [-0.25, -0.2) is 9.61 Å². The third-order valence-electron chi connectivity index (χ3n) is 3.78. The molecular weight excluding hydrogens is 304 g/mol. The van der Waals surface area contributed by atoms with E-state index >= 15 is 0 Å². The summed E-state index contributed by atoms with van der Waals surface area (Å²) < 4.78 is 6.70. The predicted octanol–water partition coefficient (Wildman–Crippen LogP) is 2.59. The fourth-order valence-corrected chi connectivity index (χ4v) is 2.69. The van der Waals surface area contributed by atoms with E-state index in [1.807, 2.05) is 47.0 Å². The lowest BCUT2D eigenvalue weighted by molar-refractivity contribution is 0.310. The van der Waals surface area contributed by atoms with Crippen LogP contribution in [0, 0.1) is 11.3 Å². The first-order valence-corrected chi connectivity index (χ1v) is 7.29. The highest BCUT2D eigenvalue weighted by Crippen LogP contribution is 2.27. The Morgan fingerprint density at radius 3 is 2.79 bits per heavy atom. The Hall–Kier alpha value is -3.66. The molecule has 116 valence electrons. The minimum absolute atomic E-state index is 0.192. The number of para-hydroxylation sites is 2. The smallest absolute Gasteiger partial charge is 0.199 e. The van der Waals surface area contributed by atoms with E-state index in [0.717, 1.165) is 16.6 Å². The first-order chi connectivity index (χ1) is 11.8. The lowest BCUT2D eigenvalue weighted by Crippen LogP contribution is -2.04. The maximum atomic E-state index is 9.08. The first-order valence-electron chi connectivity index (χ1n) is 7.29. The zero-order chi connectivity index (χ0) is 16.5. The minimum atomic E-state index is 0.192. The number of aromatic nitrogens is 4. The van der Waals surface area contributed by atoms with Crippen molar-refractivity contribution in [2.75, 3.05) is 5.73 Å². The van der Waals surface area contributed by atoms with Gasteiger partial charge in [-0.1, -0.05) is 24.3 Å². The molecule has 0 unspecified atom stereocenters. The molecule has 0 bridgehead atoms. The van der Waals surface area contributed by atoms with Crippen LogP contribution in [0.3, 0.4) is 0 Å². The number of rotatable bonds is 3. The molecule has 0 radical (unpaired) electrons. The second kappa shape index (κ2) is 5.52. The van der Waals surface area contributed by atoms with Crippen LogP contribution >= 0.6 is 0 Å². The van der Waals surface area contributed by atoms with E-state index in [2.05, 4.69) is 21.4 Å². The number of benzene rings is 2. The molecule has 7 heteroatoms. The predicted molar refractivity (Wildman–Crippen MR) is 87.7 cm³/mol. The molecule has 4 rings (SSSR count). The fraction of sp³-hybridized carbons (Fsp3) is 0.0588. The fourth-order valence-electron chi connectivity index (χ4n) is 2.69. The maximum Gasteiger partial charge on any atom is 0.199 e. The number of nitriles is 1. The van der Waals surface area contributed by atoms with Gasteiger partial charge in [-0.15, -0.1) is 0 Å². The number of nitrogens with zero attached hydrogens (tertiary/aromatic N) is 5. The van der Waals surface area contributed by atoms with Gasteiger partial charge in [0.2, 0.25) is 0 Å². The highest BCUT2D eigenvalue weighted by atomic mass is 16.6. The summed E-state index contributed by atoms with van der Waals surface area (Å²) in [5.74, 6) is 0.773. The summed E-state index contributed by atoms with van der Waals surface area (Å²) in [5, 5.41) is 16.6. The maximum absolute atomic E-state index is 9.08. The molecule has 24 heavy (non-hydrogen) atoms. The van der Waals surface area contributed by atoms with E-state index in [4.69, 9.17) is 15.6 Å². The summed E-state index contributed by atoms with van der Waals surface area (Å²) >= 11 is 0. The van der Waals surface area contributed by atoms with Crippen LogP contribution in [-0.2, 0) is 6.54 Å². The van der Waals surface area contributed by atoms with E-state index in [0.29, 0.717) is 23.6 Å². The molecule has 0 amide bonds. The van der Waals surface area contributed by atoms with Crippen molar-refractivity contribution in [1.82, 2.24) is 19.9 Å². The Bertz CT molecular complexity index is 1070. The third kappa shape index (κ3) is 2.27. The molecule has 2 heterocycles. The number of fused-ring (bicyclic) bond motifs is 1. The Morgan fingerprint density at radius 2 is 2.00 bits per heavy atom. The minimum Gasteiger partial charge on any atom is -0.379 e. The number of nitrogen functional groups attached to an aromatic ring is 1. The highest BCUT2D eigenvalue weighted by molar-refractivity contribution is 5.81. The average Bonchev–Trinajstić information content (AvgIpc) is 3.19. The van der Waals surface area contributed by atoms with Crippen LogP contribution in [0.4, 0.5) is 5.82 Å². The lowest BCUT2D eigenvalue weighted by atomic mass is 10.1. The van der Waals surface area contributed by atoms with Crippen LogP contribution in [0.5, 0.6) is 0 Å². The zero-order valence-electron chi connectivity index (χ0n) is 12.5. The molecule has 0 aliphatic rings. The van der Waals surface area contributed by atoms with Crippen LogP contribution in [0.2, 0.25) is 0 Å². The van der Waals surface area contributed by atoms with E-state index in [-0.39, 0.29) is 5.82 Å². The van der Waals surface area contributed by atoms with Crippen molar-refractivity contribution in [2.45, 2.75) is 6.54 Å². The number of hydrogen-bond acceptors (Lipinski definition) is 6. The van der Waals surface area contributed by atoms with Gasteiger partial charge in [0.05, 0.1) is 22.7 Å². The van der Waals surface area contributed by atoms with E-state index < -0.39 is 0 Å². The normalized spacial score (nSPS) is 10.8. The Kier molecular flexibility index (Phi) is 3.21. The third-order valence-corrected chi connectivity index (χ3v) is 3.78. The number of anilines is 1. The van der Waals surface area contributed by atoms with Gasteiger partial charge in [-0.3, -0.25) is 0 Å². The summed E-state index contributed by atoms with van der Waals surface area (Å²) in [5.41, 5.74) is 9.60. The molecule has 2 aromatic heterocycles. The van der Waals surface area contributed by atoms with E-state index in [1.54, 1.807) is 6.07 Å². The second-order valence-corrected chi connectivity index (χ2v) is 5.32. The molecule has 0 atom stereocenters. The Balaban J connectivity index is 1.90. The van der Waals surface area contributed by atoms with Crippen LogP contribution in [-0.4, -0.2) is 19.9 Å². The summed E-state index contributed by atoms with van der Waals surface area (Å²) in [6, 6.07) is 17.4. The number of hydrogen-bond donors (Lipinski definition) is 1. The lowest BCUT2D eigenvalue weighted by Gasteiger charge is -2.08.